The maximum absolute atomic E-state index is 12.3. The van der Waals surface area contributed by atoms with Crippen LogP contribution < -0.4 is 10.6 Å². The SMILES string of the molecule is CC1(C)CC(NC(=O)NCC[N+](C)(C)CCC(=O)O)CC(C)(COC#N)C1. The number of nitrogens with zero attached hydrogens (tertiary/aromatic N) is 2. The van der Waals surface area contributed by atoms with Crippen LogP contribution in [0.1, 0.15) is 46.5 Å². The average Bonchev–Trinajstić information content (AvgIpc) is 2.49. The van der Waals surface area contributed by atoms with Gasteiger partial charge in [0.2, 0.25) is 0 Å². The molecule has 2 atom stereocenters. The molecule has 8 heteroatoms. The molecular weight excluding hydrogens is 348 g/mol. The predicted octanol–water partition coefficient (Wildman–Crippen LogP) is 1.92. The first-order valence-corrected chi connectivity index (χ1v) is 9.46. The predicted molar refractivity (Wildman–Crippen MR) is 102 cm³/mol. The summed E-state index contributed by atoms with van der Waals surface area (Å²) in [4.78, 5) is 23.0. The number of hydrogen-bond donors (Lipinski definition) is 3. The number of aliphatic carboxylic acids is 1. The van der Waals surface area contributed by atoms with Gasteiger partial charge in [-0.15, -0.1) is 0 Å². The van der Waals surface area contributed by atoms with Crippen molar-refractivity contribution in [2.24, 2.45) is 10.8 Å². The van der Waals surface area contributed by atoms with Crippen LogP contribution in [0, 0.1) is 22.3 Å². The molecule has 3 N–H and O–H groups in total. The van der Waals surface area contributed by atoms with Gasteiger partial charge < -0.3 is 25.0 Å². The van der Waals surface area contributed by atoms with E-state index in [1.165, 1.54) is 0 Å². The van der Waals surface area contributed by atoms with Crippen molar-refractivity contribution in [2.75, 3.05) is 40.3 Å². The molecular formula is C19H35N4O4+. The zero-order valence-corrected chi connectivity index (χ0v) is 17.3. The van der Waals surface area contributed by atoms with E-state index in [0.717, 1.165) is 19.3 Å². The topological polar surface area (TPSA) is 111 Å². The highest BCUT2D eigenvalue weighted by molar-refractivity contribution is 5.74. The Bertz CT molecular complexity index is 571. The Morgan fingerprint density at radius 2 is 1.93 bits per heavy atom. The van der Waals surface area contributed by atoms with E-state index in [1.54, 1.807) is 6.26 Å². The van der Waals surface area contributed by atoms with E-state index in [9.17, 15) is 9.59 Å². The molecule has 1 fully saturated rings. The lowest BCUT2D eigenvalue weighted by Gasteiger charge is -2.46. The maximum atomic E-state index is 12.3. The van der Waals surface area contributed by atoms with E-state index in [0.29, 0.717) is 30.7 Å². The third-order valence-corrected chi connectivity index (χ3v) is 5.20. The molecule has 1 rings (SSSR count). The smallest absolute Gasteiger partial charge is 0.315 e. The summed E-state index contributed by atoms with van der Waals surface area (Å²) < 4.78 is 5.53. The van der Waals surface area contributed by atoms with E-state index in [1.807, 2.05) is 14.1 Å². The summed E-state index contributed by atoms with van der Waals surface area (Å²) in [7, 11) is 3.90. The number of nitriles is 1. The third-order valence-electron chi connectivity index (χ3n) is 5.20. The largest absolute Gasteiger partial charge is 0.481 e. The van der Waals surface area contributed by atoms with Gasteiger partial charge >= 0.3 is 12.0 Å². The monoisotopic (exact) mass is 383 g/mol. The molecule has 1 aliphatic rings. The van der Waals surface area contributed by atoms with Crippen molar-refractivity contribution >= 4 is 12.0 Å². The van der Waals surface area contributed by atoms with E-state index < -0.39 is 5.97 Å². The summed E-state index contributed by atoms with van der Waals surface area (Å²) in [5.41, 5.74) is -0.0926. The standard InChI is InChI=1S/C19H34N4O4/c1-18(2)10-15(11-19(3,12-18)13-27-14-20)22-17(26)21-7-9-23(4,5)8-6-16(24)25/h15H,6-13H2,1-5H3,(H2-,21,22,24,25,26)/p+1. The number of quaternary nitrogens is 1. The Labute approximate surface area is 162 Å². The summed E-state index contributed by atoms with van der Waals surface area (Å²) in [6.45, 7) is 8.46. The second kappa shape index (κ2) is 9.27. The first-order chi connectivity index (χ1) is 12.4. The number of rotatable bonds is 9. The first kappa shape index (κ1) is 23.0. The molecule has 0 aromatic carbocycles. The Kier molecular flexibility index (Phi) is 7.90. The maximum Gasteiger partial charge on any atom is 0.315 e. The minimum absolute atomic E-state index is 0.0237. The number of nitrogens with one attached hydrogen (secondary N) is 2. The Morgan fingerprint density at radius 1 is 1.26 bits per heavy atom. The number of amides is 2. The number of carboxylic acids is 1. The Morgan fingerprint density at radius 3 is 2.52 bits per heavy atom. The van der Waals surface area contributed by atoms with Gasteiger partial charge in [-0.05, 0) is 24.7 Å². The van der Waals surface area contributed by atoms with E-state index >= 15 is 0 Å². The van der Waals surface area contributed by atoms with Crippen molar-refractivity contribution in [2.45, 2.75) is 52.5 Å². The van der Waals surface area contributed by atoms with Crippen LogP contribution in [-0.2, 0) is 9.53 Å². The number of carbonyl (C=O) groups is 2. The van der Waals surface area contributed by atoms with Gasteiger partial charge in [-0.2, -0.15) is 5.26 Å². The highest BCUT2D eigenvalue weighted by atomic mass is 16.5. The molecule has 0 aliphatic heterocycles. The lowest BCUT2D eigenvalue weighted by atomic mass is 9.63. The van der Waals surface area contributed by atoms with Crippen molar-refractivity contribution in [3.05, 3.63) is 0 Å². The number of urea groups is 1. The first-order valence-electron chi connectivity index (χ1n) is 9.46. The molecule has 0 aromatic rings. The summed E-state index contributed by atoms with van der Waals surface area (Å²) in [5, 5.41) is 23.4. The summed E-state index contributed by atoms with van der Waals surface area (Å²) in [5.74, 6) is -0.810. The van der Waals surface area contributed by atoms with Crippen LogP contribution in [-0.4, -0.2) is 68.0 Å². The highest BCUT2D eigenvalue weighted by Crippen LogP contribution is 2.46. The van der Waals surface area contributed by atoms with Crippen LogP contribution in [0.15, 0.2) is 0 Å². The summed E-state index contributed by atoms with van der Waals surface area (Å²) >= 11 is 0. The van der Waals surface area contributed by atoms with Crippen LogP contribution >= 0.6 is 0 Å². The molecule has 0 heterocycles. The van der Waals surface area contributed by atoms with Crippen molar-refractivity contribution in [1.82, 2.24) is 10.6 Å². The van der Waals surface area contributed by atoms with Gasteiger partial charge in [0.05, 0.1) is 40.2 Å². The van der Waals surface area contributed by atoms with E-state index in [-0.39, 0.29) is 29.3 Å². The zero-order chi connectivity index (χ0) is 20.7. The molecule has 154 valence electrons. The van der Waals surface area contributed by atoms with Crippen molar-refractivity contribution in [3.8, 4) is 6.26 Å². The molecule has 8 nitrogen and oxygen atoms in total. The Balaban J connectivity index is 2.48. The fourth-order valence-electron chi connectivity index (χ4n) is 4.27. The lowest BCUT2D eigenvalue weighted by Crippen LogP contribution is -2.52. The molecule has 0 radical (unpaired) electrons. The molecule has 0 aromatic heterocycles. The van der Waals surface area contributed by atoms with Gasteiger partial charge in [0.1, 0.15) is 6.61 Å². The van der Waals surface area contributed by atoms with Gasteiger partial charge in [-0.1, -0.05) is 20.8 Å². The number of ether oxygens (including phenoxy) is 1. The van der Waals surface area contributed by atoms with Crippen LogP contribution in [0.5, 0.6) is 0 Å². The fourth-order valence-corrected chi connectivity index (χ4v) is 4.27. The van der Waals surface area contributed by atoms with Crippen molar-refractivity contribution in [1.29, 1.82) is 5.26 Å². The van der Waals surface area contributed by atoms with Gasteiger partial charge in [0.15, 0.2) is 0 Å². The number of carbonyl (C=O) groups excluding carboxylic acids is 1. The summed E-state index contributed by atoms with van der Waals surface area (Å²) in [6, 6.07) is -0.185. The molecule has 2 amide bonds. The van der Waals surface area contributed by atoms with Crippen molar-refractivity contribution < 1.29 is 23.9 Å². The molecule has 0 saturated heterocycles. The van der Waals surface area contributed by atoms with E-state index in [4.69, 9.17) is 15.1 Å². The molecule has 1 aliphatic carbocycles. The molecule has 0 spiro atoms. The second-order valence-corrected chi connectivity index (χ2v) is 9.56. The van der Waals surface area contributed by atoms with Gasteiger partial charge in [0.25, 0.3) is 6.26 Å². The van der Waals surface area contributed by atoms with Crippen molar-refractivity contribution in [3.63, 3.8) is 0 Å². The van der Waals surface area contributed by atoms with Crippen LogP contribution in [0.4, 0.5) is 4.79 Å². The molecule has 2 unspecified atom stereocenters. The van der Waals surface area contributed by atoms with Gasteiger partial charge in [0, 0.05) is 11.5 Å². The molecule has 27 heavy (non-hydrogen) atoms. The normalized spacial score (nSPS) is 24.5. The lowest BCUT2D eigenvalue weighted by molar-refractivity contribution is -0.888. The summed E-state index contributed by atoms with van der Waals surface area (Å²) in [6.07, 6.45) is 4.44. The number of hydrogen-bond acceptors (Lipinski definition) is 4. The zero-order valence-electron chi connectivity index (χ0n) is 17.3. The average molecular weight is 384 g/mol. The number of likely N-dealkylation sites (N-methyl/N-ethyl adjacent to an activating group) is 1. The van der Waals surface area contributed by atoms with Crippen LogP contribution in [0.3, 0.4) is 0 Å². The minimum Gasteiger partial charge on any atom is -0.481 e. The molecule has 0 bridgehead atoms. The van der Waals surface area contributed by atoms with E-state index in [2.05, 4.69) is 31.4 Å². The third kappa shape index (κ3) is 8.96. The molecule has 1 saturated carbocycles. The van der Waals surface area contributed by atoms with Crippen LogP contribution in [0.25, 0.3) is 0 Å². The van der Waals surface area contributed by atoms with Gasteiger partial charge in [-0.25, -0.2) is 4.79 Å². The van der Waals surface area contributed by atoms with Gasteiger partial charge in [-0.3, -0.25) is 4.79 Å². The number of carboxylic acid groups (broad SMARTS) is 1. The second-order valence-electron chi connectivity index (χ2n) is 9.56. The highest BCUT2D eigenvalue weighted by Gasteiger charge is 2.42. The quantitative estimate of drug-likeness (QED) is 0.416. The van der Waals surface area contributed by atoms with Crippen LogP contribution in [0.2, 0.25) is 0 Å². The minimum atomic E-state index is -0.810. The fraction of sp³-hybridized carbons (Fsp3) is 0.842. The Hall–Kier alpha value is -2.01.